The Kier molecular flexibility index (Phi) is 5.97. The predicted molar refractivity (Wildman–Crippen MR) is 120 cm³/mol. The normalized spacial score (nSPS) is 11.6. The van der Waals surface area contributed by atoms with Crippen LogP contribution in [-0.2, 0) is 13.1 Å². The van der Waals surface area contributed by atoms with Crippen LogP contribution < -0.4 is 11.2 Å². The van der Waals surface area contributed by atoms with Gasteiger partial charge in [-0.2, -0.15) is 0 Å². The van der Waals surface area contributed by atoms with Gasteiger partial charge >= 0.3 is 5.69 Å². The third-order valence-corrected chi connectivity index (χ3v) is 5.50. The molecule has 0 saturated heterocycles. The Morgan fingerprint density at radius 1 is 1.03 bits per heavy atom. The molecule has 0 atom stereocenters. The van der Waals surface area contributed by atoms with Gasteiger partial charge in [-0.3, -0.25) is 9.36 Å². The Bertz CT molecular complexity index is 1400. The van der Waals surface area contributed by atoms with Crippen LogP contribution in [-0.4, -0.2) is 18.7 Å². The minimum atomic E-state index is -0.973. The van der Waals surface area contributed by atoms with E-state index in [1.807, 2.05) is 13.8 Å². The van der Waals surface area contributed by atoms with Crippen molar-refractivity contribution in [3.63, 3.8) is 0 Å². The Labute approximate surface area is 187 Å². The summed E-state index contributed by atoms with van der Waals surface area (Å²) in [5.74, 6) is -1.63. The molecule has 0 bridgehead atoms. The van der Waals surface area contributed by atoms with Crippen LogP contribution in [0.25, 0.3) is 16.9 Å². The van der Waals surface area contributed by atoms with E-state index < -0.39 is 22.9 Å². The van der Waals surface area contributed by atoms with E-state index in [0.717, 1.165) is 12.1 Å². The molecule has 0 amide bonds. The highest BCUT2D eigenvalue weighted by Crippen LogP contribution is 2.18. The van der Waals surface area contributed by atoms with E-state index in [0.29, 0.717) is 22.7 Å². The Morgan fingerprint density at radius 2 is 1.75 bits per heavy atom. The van der Waals surface area contributed by atoms with E-state index in [9.17, 15) is 18.4 Å². The van der Waals surface area contributed by atoms with Crippen LogP contribution >= 0.6 is 11.6 Å². The van der Waals surface area contributed by atoms with Crippen LogP contribution in [0.2, 0.25) is 5.02 Å². The fourth-order valence-corrected chi connectivity index (χ4v) is 3.67. The number of benzene rings is 2. The first-order chi connectivity index (χ1) is 15.3. The zero-order valence-corrected chi connectivity index (χ0v) is 18.3. The fourth-order valence-electron chi connectivity index (χ4n) is 3.54. The van der Waals surface area contributed by atoms with Crippen molar-refractivity contribution in [2.75, 3.05) is 0 Å². The van der Waals surface area contributed by atoms with Gasteiger partial charge in [0.25, 0.3) is 5.56 Å². The monoisotopic (exact) mass is 458 g/mol. The molecule has 0 fully saturated rings. The lowest BCUT2D eigenvalue weighted by Gasteiger charge is -2.14. The topological polar surface area (TPSA) is 61.8 Å². The number of halogens is 3. The Balaban J connectivity index is 1.94. The van der Waals surface area contributed by atoms with E-state index >= 15 is 0 Å². The molecule has 0 aliphatic heterocycles. The van der Waals surface area contributed by atoms with Gasteiger partial charge in [0.1, 0.15) is 0 Å². The smallest absolute Gasteiger partial charge is 0.320 e. The second kappa shape index (κ2) is 8.70. The third-order valence-electron chi connectivity index (χ3n) is 5.25. The van der Waals surface area contributed by atoms with Crippen molar-refractivity contribution in [2.45, 2.75) is 33.4 Å². The molecule has 0 spiro atoms. The largest absolute Gasteiger partial charge is 0.337 e. The molecule has 2 aromatic heterocycles. The highest BCUT2D eigenvalue weighted by atomic mass is 35.5. The molecule has 166 valence electrons. The standard InChI is InChI=1S/C23H21ClF2N4O2/c1-14(2)9-10-29-22(31)20-21(30(23(29)32)17-6-4-16(24)5-7-17)27-13-28(20)12-15-3-8-18(25)19(26)11-15/h3-8,11,13-14H,9-10,12H2,1-2H3. The van der Waals surface area contributed by atoms with E-state index in [-0.39, 0.29) is 30.2 Å². The van der Waals surface area contributed by atoms with E-state index in [1.165, 1.54) is 21.5 Å². The van der Waals surface area contributed by atoms with Gasteiger partial charge in [0.05, 0.1) is 12.0 Å². The zero-order valence-electron chi connectivity index (χ0n) is 17.6. The van der Waals surface area contributed by atoms with Crippen molar-refractivity contribution in [1.29, 1.82) is 0 Å². The maximum absolute atomic E-state index is 13.7. The van der Waals surface area contributed by atoms with Crippen molar-refractivity contribution < 1.29 is 8.78 Å². The molecule has 6 nitrogen and oxygen atoms in total. The third kappa shape index (κ3) is 4.10. The summed E-state index contributed by atoms with van der Waals surface area (Å²) in [5, 5.41) is 0.509. The molecule has 32 heavy (non-hydrogen) atoms. The summed E-state index contributed by atoms with van der Waals surface area (Å²) in [4.78, 5) is 31.0. The average Bonchev–Trinajstić information content (AvgIpc) is 3.15. The van der Waals surface area contributed by atoms with Gasteiger partial charge in [-0.15, -0.1) is 0 Å². The van der Waals surface area contributed by atoms with Gasteiger partial charge in [-0.1, -0.05) is 31.5 Å². The number of fused-ring (bicyclic) bond motifs is 1. The maximum atomic E-state index is 13.7. The molecule has 4 rings (SSSR count). The second-order valence-electron chi connectivity index (χ2n) is 8.03. The van der Waals surface area contributed by atoms with Gasteiger partial charge in [-0.25, -0.2) is 23.1 Å². The number of rotatable bonds is 6. The minimum Gasteiger partial charge on any atom is -0.320 e. The number of hydrogen-bond donors (Lipinski definition) is 0. The lowest BCUT2D eigenvalue weighted by Crippen LogP contribution is -2.40. The second-order valence-corrected chi connectivity index (χ2v) is 8.46. The molecule has 0 unspecified atom stereocenters. The highest BCUT2D eigenvalue weighted by Gasteiger charge is 2.20. The van der Waals surface area contributed by atoms with Crippen LogP contribution in [0.5, 0.6) is 0 Å². The highest BCUT2D eigenvalue weighted by molar-refractivity contribution is 6.30. The first-order valence-corrected chi connectivity index (χ1v) is 10.5. The predicted octanol–water partition coefficient (Wildman–Crippen LogP) is 4.37. The molecule has 2 heterocycles. The van der Waals surface area contributed by atoms with Crippen molar-refractivity contribution >= 4 is 22.8 Å². The lowest BCUT2D eigenvalue weighted by atomic mass is 10.1. The van der Waals surface area contributed by atoms with Crippen LogP contribution in [0, 0.1) is 17.6 Å². The van der Waals surface area contributed by atoms with E-state index in [4.69, 9.17) is 11.6 Å². The van der Waals surface area contributed by atoms with E-state index in [2.05, 4.69) is 4.98 Å². The molecule has 4 aromatic rings. The summed E-state index contributed by atoms with van der Waals surface area (Å²) in [5.41, 5.74) is 0.389. The van der Waals surface area contributed by atoms with Crippen LogP contribution in [0.3, 0.4) is 0 Å². The van der Waals surface area contributed by atoms with Gasteiger partial charge < -0.3 is 4.57 Å². The Morgan fingerprint density at radius 3 is 2.41 bits per heavy atom. The van der Waals surface area contributed by atoms with E-state index in [1.54, 1.807) is 28.8 Å². The maximum Gasteiger partial charge on any atom is 0.337 e. The Hall–Kier alpha value is -3.26. The minimum absolute atomic E-state index is 0.0892. The van der Waals surface area contributed by atoms with Gasteiger partial charge in [0.15, 0.2) is 22.8 Å². The van der Waals surface area contributed by atoms with Crippen molar-refractivity contribution in [2.24, 2.45) is 5.92 Å². The molecule has 0 saturated carbocycles. The lowest BCUT2D eigenvalue weighted by molar-refractivity contribution is 0.491. The SMILES string of the molecule is CC(C)CCn1c(=O)c2c(ncn2Cc2ccc(F)c(F)c2)n(-c2ccc(Cl)cc2)c1=O. The van der Waals surface area contributed by atoms with Crippen LogP contribution in [0.1, 0.15) is 25.8 Å². The molecule has 9 heteroatoms. The molecule has 0 aliphatic rings. The molecule has 0 N–H and O–H groups in total. The number of hydrogen-bond acceptors (Lipinski definition) is 3. The number of aromatic nitrogens is 4. The molecule has 2 aromatic carbocycles. The summed E-state index contributed by atoms with van der Waals surface area (Å²) >= 11 is 6.00. The number of nitrogens with zero attached hydrogens (tertiary/aromatic N) is 4. The summed E-state index contributed by atoms with van der Waals surface area (Å²) < 4.78 is 31.1. The molecule has 0 radical (unpaired) electrons. The molecular formula is C23H21ClF2N4O2. The quantitative estimate of drug-likeness (QED) is 0.431. The van der Waals surface area contributed by atoms with Crippen molar-refractivity contribution in [3.05, 3.63) is 91.9 Å². The number of imidazole rings is 1. The average molecular weight is 459 g/mol. The van der Waals surface area contributed by atoms with Crippen LogP contribution in [0.15, 0.2) is 58.4 Å². The van der Waals surface area contributed by atoms with Crippen molar-refractivity contribution in [3.8, 4) is 5.69 Å². The fraction of sp³-hybridized carbons (Fsp3) is 0.261. The van der Waals surface area contributed by atoms with Crippen LogP contribution in [0.4, 0.5) is 8.78 Å². The van der Waals surface area contributed by atoms with Gasteiger partial charge in [-0.05, 0) is 54.3 Å². The summed E-state index contributed by atoms with van der Waals surface area (Å²) in [6, 6.07) is 10.2. The summed E-state index contributed by atoms with van der Waals surface area (Å²) in [7, 11) is 0. The van der Waals surface area contributed by atoms with Crippen molar-refractivity contribution in [1.82, 2.24) is 18.7 Å². The molecule has 0 aliphatic carbocycles. The first kappa shape index (κ1) is 22.0. The van der Waals surface area contributed by atoms with Gasteiger partial charge in [0.2, 0.25) is 0 Å². The summed E-state index contributed by atoms with van der Waals surface area (Å²) in [6.45, 7) is 4.35. The summed E-state index contributed by atoms with van der Waals surface area (Å²) in [6.07, 6.45) is 2.06. The molecular weight excluding hydrogens is 438 g/mol. The van der Waals surface area contributed by atoms with Gasteiger partial charge in [0, 0.05) is 18.1 Å². The first-order valence-electron chi connectivity index (χ1n) is 10.2. The zero-order chi connectivity index (χ0) is 23.0.